The van der Waals surface area contributed by atoms with E-state index in [0.29, 0.717) is 5.56 Å². The summed E-state index contributed by atoms with van der Waals surface area (Å²) in [6.45, 7) is 0. The third-order valence-electron chi connectivity index (χ3n) is 5.32. The van der Waals surface area contributed by atoms with Gasteiger partial charge in [-0.1, -0.05) is 49.6 Å². The lowest BCUT2D eigenvalue weighted by Gasteiger charge is -2.22. The number of ether oxygens (including phenoxy) is 1. The molecule has 1 saturated carbocycles. The molecular weight excluding hydrogens is 368 g/mol. The normalized spacial score (nSPS) is 14.6. The second kappa shape index (κ2) is 8.57. The summed E-state index contributed by atoms with van der Waals surface area (Å²) < 4.78 is 4.78. The van der Waals surface area contributed by atoms with Gasteiger partial charge >= 0.3 is 5.97 Å². The van der Waals surface area contributed by atoms with Crippen LogP contribution in [0.2, 0.25) is 0 Å². The Morgan fingerprint density at radius 3 is 2.64 bits per heavy atom. The van der Waals surface area contributed by atoms with Crippen LogP contribution in [0.15, 0.2) is 53.9 Å². The van der Waals surface area contributed by atoms with Crippen molar-refractivity contribution >= 4 is 28.1 Å². The molecule has 1 aromatic heterocycles. The monoisotopic (exact) mass is 392 g/mol. The minimum Gasteiger partial charge on any atom is -0.465 e. The second-order valence-electron chi connectivity index (χ2n) is 7.19. The quantitative estimate of drug-likeness (QED) is 0.511. The molecule has 3 aromatic rings. The topological polar surface area (TPSA) is 51.2 Å². The van der Waals surface area contributed by atoms with E-state index in [-0.39, 0.29) is 5.97 Å². The molecule has 0 atom stereocenters. The largest absolute Gasteiger partial charge is 0.465 e. The first kappa shape index (κ1) is 18.7. The number of hydrogen-bond donors (Lipinski definition) is 1. The molecule has 4 rings (SSSR count). The Morgan fingerprint density at radius 2 is 1.89 bits per heavy atom. The van der Waals surface area contributed by atoms with E-state index < -0.39 is 0 Å². The molecule has 1 fully saturated rings. The van der Waals surface area contributed by atoms with Gasteiger partial charge in [0.05, 0.1) is 18.4 Å². The van der Waals surface area contributed by atoms with Crippen molar-refractivity contribution in [2.24, 2.45) is 0 Å². The summed E-state index contributed by atoms with van der Waals surface area (Å²) in [5.41, 5.74) is 4.88. The number of hydrogen-bond acceptors (Lipinski definition) is 5. The molecule has 1 heterocycles. The lowest BCUT2D eigenvalue weighted by Crippen LogP contribution is -2.04. The highest BCUT2D eigenvalue weighted by Crippen LogP contribution is 2.34. The van der Waals surface area contributed by atoms with Crippen LogP contribution in [0.3, 0.4) is 0 Å². The molecule has 0 spiro atoms. The lowest BCUT2D eigenvalue weighted by molar-refractivity contribution is 0.0601. The van der Waals surface area contributed by atoms with Gasteiger partial charge in [0.25, 0.3) is 0 Å². The zero-order valence-corrected chi connectivity index (χ0v) is 16.8. The van der Waals surface area contributed by atoms with Crippen molar-refractivity contribution in [1.82, 2.24) is 4.98 Å². The van der Waals surface area contributed by atoms with Gasteiger partial charge in [0.15, 0.2) is 5.13 Å². The predicted octanol–water partition coefficient (Wildman–Crippen LogP) is 6.39. The van der Waals surface area contributed by atoms with Crippen molar-refractivity contribution < 1.29 is 9.53 Å². The predicted molar refractivity (Wildman–Crippen MR) is 114 cm³/mol. The number of benzene rings is 2. The minimum atomic E-state index is -0.346. The average Bonchev–Trinajstić information content (AvgIpc) is 3.22. The standard InChI is InChI=1S/C23H24N2O2S/c1-27-22(26)19-8-5-9-20(14-19)24-23-25-21(15-28-23)18-12-10-17(11-13-18)16-6-3-2-4-7-16/h5,8-16H,2-4,6-7H2,1H3,(H,24,25). The van der Waals surface area contributed by atoms with E-state index in [1.807, 2.05) is 12.1 Å². The fourth-order valence-electron chi connectivity index (χ4n) is 3.79. The number of aromatic nitrogens is 1. The van der Waals surface area contributed by atoms with E-state index in [0.717, 1.165) is 28.0 Å². The number of carbonyl (C=O) groups is 1. The number of rotatable bonds is 5. The van der Waals surface area contributed by atoms with Crippen molar-refractivity contribution in [3.8, 4) is 11.3 Å². The summed E-state index contributed by atoms with van der Waals surface area (Å²) >= 11 is 1.55. The minimum absolute atomic E-state index is 0.346. The number of thiazole rings is 1. The fraction of sp³-hybridized carbons (Fsp3) is 0.304. The molecule has 0 amide bonds. The lowest BCUT2D eigenvalue weighted by atomic mass is 9.84. The van der Waals surface area contributed by atoms with Gasteiger partial charge < -0.3 is 10.1 Å². The Bertz CT molecular complexity index is 943. The zero-order chi connectivity index (χ0) is 19.3. The summed E-state index contributed by atoms with van der Waals surface area (Å²) in [6.07, 6.45) is 6.71. The molecule has 1 aliphatic rings. The van der Waals surface area contributed by atoms with E-state index in [1.54, 1.807) is 23.5 Å². The molecule has 0 unspecified atom stereocenters. The van der Waals surface area contributed by atoms with Crippen LogP contribution < -0.4 is 5.32 Å². The van der Waals surface area contributed by atoms with Gasteiger partial charge in [-0.25, -0.2) is 9.78 Å². The van der Waals surface area contributed by atoms with Crippen LogP contribution in [0.4, 0.5) is 10.8 Å². The van der Waals surface area contributed by atoms with Crippen molar-refractivity contribution in [2.75, 3.05) is 12.4 Å². The molecule has 4 nitrogen and oxygen atoms in total. The Kier molecular flexibility index (Phi) is 5.72. The summed E-state index contributed by atoms with van der Waals surface area (Å²) in [5, 5.41) is 6.13. The maximum atomic E-state index is 11.7. The highest BCUT2D eigenvalue weighted by Gasteiger charge is 2.15. The van der Waals surface area contributed by atoms with Gasteiger partial charge in [-0.05, 0) is 42.5 Å². The highest BCUT2D eigenvalue weighted by molar-refractivity contribution is 7.14. The van der Waals surface area contributed by atoms with E-state index in [2.05, 4.69) is 35.0 Å². The Morgan fingerprint density at radius 1 is 1.11 bits per heavy atom. The third-order valence-corrected chi connectivity index (χ3v) is 6.08. The summed E-state index contributed by atoms with van der Waals surface area (Å²) in [5.74, 6) is 0.374. The second-order valence-corrected chi connectivity index (χ2v) is 8.05. The Balaban J connectivity index is 1.46. The number of esters is 1. The first-order valence-electron chi connectivity index (χ1n) is 9.74. The molecule has 2 aromatic carbocycles. The average molecular weight is 393 g/mol. The van der Waals surface area contributed by atoms with Crippen molar-refractivity contribution in [3.63, 3.8) is 0 Å². The molecule has 1 N–H and O–H groups in total. The van der Waals surface area contributed by atoms with Crippen LogP contribution in [0, 0.1) is 0 Å². The SMILES string of the molecule is COC(=O)c1cccc(Nc2nc(-c3ccc(C4CCCCC4)cc3)cs2)c1. The highest BCUT2D eigenvalue weighted by atomic mass is 32.1. The Labute approximate surface area is 169 Å². The number of anilines is 2. The van der Waals surface area contributed by atoms with Crippen LogP contribution in [0.25, 0.3) is 11.3 Å². The summed E-state index contributed by atoms with van der Waals surface area (Å²) in [4.78, 5) is 16.4. The van der Waals surface area contributed by atoms with Crippen molar-refractivity contribution in [3.05, 3.63) is 65.0 Å². The van der Waals surface area contributed by atoms with E-state index in [1.165, 1.54) is 44.8 Å². The van der Waals surface area contributed by atoms with Crippen molar-refractivity contribution in [2.45, 2.75) is 38.0 Å². The molecule has 0 radical (unpaired) electrons. The molecule has 0 bridgehead atoms. The van der Waals surface area contributed by atoms with Crippen LogP contribution in [0.1, 0.15) is 53.9 Å². The van der Waals surface area contributed by atoms with Gasteiger partial charge in [0.1, 0.15) is 0 Å². The van der Waals surface area contributed by atoms with Crippen molar-refractivity contribution in [1.29, 1.82) is 0 Å². The van der Waals surface area contributed by atoms with E-state index in [9.17, 15) is 4.79 Å². The van der Waals surface area contributed by atoms with Gasteiger partial charge in [0.2, 0.25) is 0 Å². The number of methoxy groups -OCH3 is 1. The smallest absolute Gasteiger partial charge is 0.337 e. The maximum absolute atomic E-state index is 11.7. The van der Waals surface area contributed by atoms with Gasteiger partial charge in [-0.15, -0.1) is 11.3 Å². The molecular formula is C23H24N2O2S. The van der Waals surface area contributed by atoms with Gasteiger partial charge in [-0.3, -0.25) is 0 Å². The third kappa shape index (κ3) is 4.25. The summed E-state index contributed by atoms with van der Waals surface area (Å²) in [6, 6.07) is 16.1. The fourth-order valence-corrected chi connectivity index (χ4v) is 4.53. The first-order chi connectivity index (χ1) is 13.7. The zero-order valence-electron chi connectivity index (χ0n) is 16.0. The molecule has 0 saturated heterocycles. The summed E-state index contributed by atoms with van der Waals surface area (Å²) in [7, 11) is 1.38. The Hall–Kier alpha value is -2.66. The molecule has 5 heteroatoms. The molecule has 0 aliphatic heterocycles. The molecule has 144 valence electrons. The van der Waals surface area contributed by atoms with E-state index in [4.69, 9.17) is 9.72 Å². The first-order valence-corrected chi connectivity index (χ1v) is 10.6. The number of nitrogens with one attached hydrogen (secondary N) is 1. The molecule has 28 heavy (non-hydrogen) atoms. The van der Waals surface area contributed by atoms with Gasteiger partial charge in [0, 0.05) is 16.6 Å². The van der Waals surface area contributed by atoms with Crippen LogP contribution >= 0.6 is 11.3 Å². The van der Waals surface area contributed by atoms with Crippen LogP contribution in [-0.4, -0.2) is 18.1 Å². The maximum Gasteiger partial charge on any atom is 0.337 e. The van der Waals surface area contributed by atoms with E-state index >= 15 is 0 Å². The van der Waals surface area contributed by atoms with Gasteiger partial charge in [-0.2, -0.15) is 0 Å². The van der Waals surface area contributed by atoms with Crippen LogP contribution in [-0.2, 0) is 4.74 Å². The number of nitrogens with zero attached hydrogens (tertiary/aromatic N) is 1. The number of carbonyl (C=O) groups excluding carboxylic acids is 1. The molecule has 1 aliphatic carbocycles. The van der Waals surface area contributed by atoms with Crippen LogP contribution in [0.5, 0.6) is 0 Å².